The molecule has 33 heavy (non-hydrogen) atoms. The van der Waals surface area contributed by atoms with Crippen LogP contribution in [0.5, 0.6) is 11.5 Å². The van der Waals surface area contributed by atoms with E-state index in [9.17, 15) is 23.2 Å². The molecule has 0 saturated carbocycles. The fraction of sp³-hybridized carbons (Fsp3) is 0.0909. The lowest BCUT2D eigenvalue weighted by molar-refractivity contribution is -0.132. The molecule has 0 fully saturated rings. The number of carbonyl (C=O) groups excluding carboxylic acids is 3. The maximum Gasteiger partial charge on any atom is 0.314 e. The largest absolute Gasteiger partial charge is 0.457 e. The summed E-state index contributed by atoms with van der Waals surface area (Å²) in [6.45, 7) is 0. The van der Waals surface area contributed by atoms with E-state index in [0.29, 0.717) is 17.2 Å². The van der Waals surface area contributed by atoms with Crippen molar-refractivity contribution >= 4 is 40.7 Å². The van der Waals surface area contributed by atoms with Gasteiger partial charge >= 0.3 is 11.8 Å². The third-order valence-electron chi connectivity index (χ3n) is 4.23. The van der Waals surface area contributed by atoms with Crippen LogP contribution in [0.25, 0.3) is 0 Å². The number of nitrogens with one attached hydrogen (secondary N) is 3. The second-order valence-electron chi connectivity index (χ2n) is 6.53. The molecular weight excluding hydrogens is 458 g/mol. The maximum absolute atomic E-state index is 12.9. The minimum absolute atomic E-state index is 0.00655. The SMILES string of the molecule is CNC(=O)c1cc(Oc2ccc(NC(=O)C(=O)Nc3ccc(Cl)c(C(F)F)c3)cc2)ccn1. The number of carbonyl (C=O) groups is 3. The zero-order valence-corrected chi connectivity index (χ0v) is 17.8. The van der Waals surface area contributed by atoms with Gasteiger partial charge in [-0.2, -0.15) is 0 Å². The van der Waals surface area contributed by atoms with Crippen molar-refractivity contribution in [2.45, 2.75) is 6.43 Å². The van der Waals surface area contributed by atoms with Crippen molar-refractivity contribution in [3.63, 3.8) is 0 Å². The quantitative estimate of drug-likeness (QED) is 0.459. The highest BCUT2D eigenvalue weighted by Gasteiger charge is 2.17. The Labute approximate surface area is 191 Å². The highest BCUT2D eigenvalue weighted by Crippen LogP contribution is 2.29. The van der Waals surface area contributed by atoms with Crippen LogP contribution in [0, 0.1) is 0 Å². The molecule has 0 aliphatic carbocycles. The molecule has 1 aromatic heterocycles. The van der Waals surface area contributed by atoms with Gasteiger partial charge in [-0.1, -0.05) is 11.6 Å². The standard InChI is InChI=1S/C22H17ClF2N4O4/c1-26-20(30)18-11-15(8-9-27-18)33-14-5-2-12(3-6-14)28-21(31)22(32)29-13-4-7-17(23)16(10-13)19(24)25/h2-11,19H,1H3,(H,26,30)(H,28,31)(H,29,32). The number of benzene rings is 2. The molecule has 170 valence electrons. The fourth-order valence-corrected chi connectivity index (χ4v) is 2.83. The summed E-state index contributed by atoms with van der Waals surface area (Å²) in [5.74, 6) is -1.61. The van der Waals surface area contributed by atoms with E-state index in [-0.39, 0.29) is 22.3 Å². The molecule has 0 saturated heterocycles. The first kappa shape index (κ1) is 23.6. The van der Waals surface area contributed by atoms with Crippen LogP contribution in [0.3, 0.4) is 0 Å². The monoisotopic (exact) mass is 474 g/mol. The van der Waals surface area contributed by atoms with Gasteiger partial charge in [-0.25, -0.2) is 8.78 Å². The number of halogens is 3. The lowest BCUT2D eigenvalue weighted by Crippen LogP contribution is -2.29. The summed E-state index contributed by atoms with van der Waals surface area (Å²) < 4.78 is 31.5. The van der Waals surface area contributed by atoms with Gasteiger partial charge in [-0.05, 0) is 48.5 Å². The molecule has 3 N–H and O–H groups in total. The first-order chi connectivity index (χ1) is 15.8. The summed E-state index contributed by atoms with van der Waals surface area (Å²) in [6, 6.07) is 12.6. The molecule has 3 aromatic rings. The van der Waals surface area contributed by atoms with Gasteiger partial charge in [-0.15, -0.1) is 0 Å². The van der Waals surface area contributed by atoms with E-state index >= 15 is 0 Å². The Kier molecular flexibility index (Phi) is 7.52. The Morgan fingerprint density at radius 1 is 0.909 bits per heavy atom. The van der Waals surface area contributed by atoms with Crippen LogP contribution in [0.15, 0.2) is 60.8 Å². The van der Waals surface area contributed by atoms with Crippen LogP contribution in [-0.4, -0.2) is 29.8 Å². The van der Waals surface area contributed by atoms with Crippen LogP contribution in [0.2, 0.25) is 5.02 Å². The molecule has 0 aliphatic rings. The number of ether oxygens (including phenoxy) is 1. The molecule has 3 amide bonds. The van der Waals surface area contributed by atoms with Crippen LogP contribution < -0.4 is 20.7 Å². The molecule has 8 nitrogen and oxygen atoms in total. The van der Waals surface area contributed by atoms with Crippen LogP contribution in [0.1, 0.15) is 22.5 Å². The second kappa shape index (κ2) is 10.5. The Bertz CT molecular complexity index is 1190. The molecule has 0 aliphatic heterocycles. The molecule has 0 unspecified atom stereocenters. The molecule has 1 heterocycles. The Hall–Kier alpha value is -4.05. The summed E-state index contributed by atoms with van der Waals surface area (Å²) in [5, 5.41) is 6.95. The van der Waals surface area contributed by atoms with Crippen molar-refractivity contribution in [2.75, 3.05) is 17.7 Å². The van der Waals surface area contributed by atoms with Gasteiger partial charge in [0.05, 0.1) is 0 Å². The van der Waals surface area contributed by atoms with Crippen molar-refractivity contribution in [3.8, 4) is 11.5 Å². The molecule has 2 aromatic carbocycles. The lowest BCUT2D eigenvalue weighted by Gasteiger charge is -2.10. The topological polar surface area (TPSA) is 109 Å². The van der Waals surface area contributed by atoms with E-state index in [1.807, 2.05) is 0 Å². The fourth-order valence-electron chi connectivity index (χ4n) is 2.63. The predicted molar refractivity (Wildman–Crippen MR) is 118 cm³/mol. The Morgan fingerprint density at radius 2 is 1.55 bits per heavy atom. The van der Waals surface area contributed by atoms with Crippen molar-refractivity contribution in [1.82, 2.24) is 10.3 Å². The van der Waals surface area contributed by atoms with Gasteiger partial charge in [0.15, 0.2) is 0 Å². The van der Waals surface area contributed by atoms with Gasteiger partial charge in [0.1, 0.15) is 17.2 Å². The van der Waals surface area contributed by atoms with E-state index in [0.717, 1.165) is 6.07 Å². The molecule has 0 atom stereocenters. The number of hydrogen-bond acceptors (Lipinski definition) is 5. The number of aromatic nitrogens is 1. The highest BCUT2D eigenvalue weighted by atomic mass is 35.5. The normalized spacial score (nSPS) is 10.5. The Morgan fingerprint density at radius 3 is 2.18 bits per heavy atom. The average molecular weight is 475 g/mol. The molecule has 0 spiro atoms. The van der Waals surface area contributed by atoms with Crippen molar-refractivity contribution in [3.05, 3.63) is 77.1 Å². The van der Waals surface area contributed by atoms with Crippen LogP contribution >= 0.6 is 11.6 Å². The summed E-state index contributed by atoms with van der Waals surface area (Å²) in [6.07, 6.45) is -1.40. The van der Waals surface area contributed by atoms with Crippen molar-refractivity contribution in [1.29, 1.82) is 0 Å². The number of anilines is 2. The van der Waals surface area contributed by atoms with E-state index in [2.05, 4.69) is 20.9 Å². The number of hydrogen-bond donors (Lipinski definition) is 3. The number of rotatable bonds is 6. The van der Waals surface area contributed by atoms with Crippen LogP contribution in [-0.2, 0) is 9.59 Å². The molecule has 3 rings (SSSR count). The minimum atomic E-state index is -2.83. The minimum Gasteiger partial charge on any atom is -0.457 e. The predicted octanol–water partition coefficient (Wildman–Crippen LogP) is 4.40. The van der Waals surface area contributed by atoms with Crippen molar-refractivity contribution in [2.24, 2.45) is 0 Å². The number of pyridine rings is 1. The third kappa shape index (κ3) is 6.23. The summed E-state index contributed by atoms with van der Waals surface area (Å²) in [5.41, 5.74) is 0.0353. The maximum atomic E-state index is 12.9. The zero-order chi connectivity index (χ0) is 24.0. The van der Waals surface area contributed by atoms with Gasteiger partial charge in [0, 0.05) is 41.3 Å². The second-order valence-corrected chi connectivity index (χ2v) is 6.93. The zero-order valence-electron chi connectivity index (χ0n) is 17.1. The molecule has 0 bridgehead atoms. The van der Waals surface area contributed by atoms with E-state index in [1.165, 1.54) is 43.6 Å². The summed E-state index contributed by atoms with van der Waals surface area (Å²) in [7, 11) is 1.49. The van der Waals surface area contributed by atoms with Gasteiger partial charge < -0.3 is 20.7 Å². The van der Waals surface area contributed by atoms with Gasteiger partial charge in [0.2, 0.25) is 0 Å². The molecular formula is C22H17ClF2N4O4. The van der Waals surface area contributed by atoms with Gasteiger partial charge in [-0.3, -0.25) is 19.4 Å². The molecule has 11 heteroatoms. The average Bonchev–Trinajstić information content (AvgIpc) is 2.81. The highest BCUT2D eigenvalue weighted by molar-refractivity contribution is 6.43. The first-order valence-electron chi connectivity index (χ1n) is 9.43. The van der Waals surface area contributed by atoms with Crippen LogP contribution in [0.4, 0.5) is 20.2 Å². The summed E-state index contributed by atoms with van der Waals surface area (Å²) in [4.78, 5) is 39.8. The number of nitrogens with zero attached hydrogens (tertiary/aromatic N) is 1. The first-order valence-corrected chi connectivity index (χ1v) is 9.80. The smallest absolute Gasteiger partial charge is 0.314 e. The lowest BCUT2D eigenvalue weighted by atomic mass is 10.2. The number of alkyl halides is 2. The molecule has 0 radical (unpaired) electrons. The third-order valence-corrected chi connectivity index (χ3v) is 4.58. The van der Waals surface area contributed by atoms with Gasteiger partial charge in [0.25, 0.3) is 12.3 Å². The Balaban J connectivity index is 1.60. The number of amides is 3. The van der Waals surface area contributed by atoms with E-state index in [4.69, 9.17) is 16.3 Å². The van der Waals surface area contributed by atoms with E-state index < -0.39 is 23.8 Å². The van der Waals surface area contributed by atoms with Crippen molar-refractivity contribution < 1.29 is 27.9 Å². The summed E-state index contributed by atoms with van der Waals surface area (Å²) >= 11 is 5.69. The van der Waals surface area contributed by atoms with E-state index in [1.54, 1.807) is 18.2 Å².